The molecule has 14 aromatic carbocycles. The molecule has 0 bridgehead atoms. The minimum Gasteiger partial charge on any atom is -1.00 e. The number of rotatable bonds is 12. The van der Waals surface area contributed by atoms with Gasteiger partial charge in [-0.2, -0.15) is 24.3 Å². The van der Waals surface area contributed by atoms with Gasteiger partial charge >= 0.3 is 69.7 Å². The average Bonchev–Trinajstić information content (AvgIpc) is 1.73. The SMILES string of the molecule is CCCc1cc2c(-c3ccc(C(C)(C)C)cc3)cccc2[cH-]1.CCCc1cc2c(-c3ccc(C(C)(C)C)cc3)cccc2[cH-]1.CCCc1cc2c(-c3ccc(C(C)(C)C)cc3)cccc2[cH-]1.CCCc1cc2c(-c3ccc(C(C)(C)C)cc3)cccc2[cH-]1.C[C](C)=[Zr+2].Cc1cccc(C)c1[O-].Cc1cccc(C)c1[O-].[CH2]=[Zr+2].[Cl-]. The molecule has 2 nitrogen and oxygen atoms in total. The van der Waals surface area contributed by atoms with E-state index in [2.05, 4.69) is 347 Å². The average molecular weight is 1670 g/mol. The van der Waals surface area contributed by atoms with Gasteiger partial charge in [-0.05, 0) is 120 Å². The Morgan fingerprint density at radius 3 is 0.619 bits per heavy atom. The number of para-hydroxylation sites is 2. The summed E-state index contributed by atoms with van der Waals surface area (Å²) in [6, 6.07) is 92.7. The van der Waals surface area contributed by atoms with Crippen molar-refractivity contribution in [1.82, 2.24) is 0 Å². The number of hydrogen-bond donors (Lipinski definition) is 0. The molecule has 0 fully saturated rings. The van der Waals surface area contributed by atoms with E-state index in [9.17, 15) is 10.2 Å². The largest absolute Gasteiger partial charge is 1.00 e. The van der Waals surface area contributed by atoms with Crippen molar-refractivity contribution in [3.63, 3.8) is 0 Å². The Labute approximate surface area is 718 Å². The fraction of sp³-hybridized carbons (Fsp3) is 0.315. The number of halogens is 1. The van der Waals surface area contributed by atoms with Crippen LogP contribution in [0.5, 0.6) is 11.5 Å². The van der Waals surface area contributed by atoms with E-state index in [0.29, 0.717) is 0 Å². The summed E-state index contributed by atoms with van der Waals surface area (Å²) in [5, 5.41) is 32.9. The van der Waals surface area contributed by atoms with E-state index < -0.39 is 0 Å². The molecule has 0 aliphatic rings. The first kappa shape index (κ1) is 93.9. The van der Waals surface area contributed by atoms with Crippen molar-refractivity contribution in [2.24, 2.45) is 0 Å². The molecule has 588 valence electrons. The van der Waals surface area contributed by atoms with Crippen molar-refractivity contribution in [3.05, 3.63) is 322 Å². The maximum atomic E-state index is 11.0. The predicted octanol–water partition coefficient (Wildman–Crippen LogP) is 26.4. The molecule has 0 atom stereocenters. The molecule has 0 aliphatic heterocycles. The van der Waals surface area contributed by atoms with E-state index in [0.717, 1.165) is 47.9 Å². The Morgan fingerprint density at radius 1 is 0.301 bits per heavy atom. The van der Waals surface area contributed by atoms with Crippen LogP contribution in [0.25, 0.3) is 87.6 Å². The molecular formula is C108H126ClO2Zr2-3. The molecule has 0 heterocycles. The maximum absolute atomic E-state index is 11.0. The minimum atomic E-state index is 0. The van der Waals surface area contributed by atoms with Crippen molar-refractivity contribution >= 4 is 50.5 Å². The number of aryl methyl sites for hydroxylation is 8. The molecule has 0 unspecified atom stereocenters. The number of benzene rings is 10. The van der Waals surface area contributed by atoms with Gasteiger partial charge in [-0.25, -0.2) is 0 Å². The van der Waals surface area contributed by atoms with Gasteiger partial charge in [-0.15, -0.1) is 150 Å². The molecule has 14 aromatic rings. The molecule has 14 rings (SSSR count). The van der Waals surface area contributed by atoms with Gasteiger partial charge in [0.25, 0.3) is 0 Å². The molecule has 0 radical (unpaired) electrons. The molecule has 0 spiro atoms. The molecule has 5 heteroatoms. The Balaban J connectivity index is 0.000000213. The Bertz CT molecular complexity index is 4600. The van der Waals surface area contributed by atoms with Gasteiger partial charge in [-0.3, -0.25) is 0 Å². The second-order valence-electron chi connectivity index (χ2n) is 34.4. The van der Waals surface area contributed by atoms with E-state index in [-0.39, 0.29) is 45.6 Å². The number of hydrogen-bond acceptors (Lipinski definition) is 2. The summed E-state index contributed by atoms with van der Waals surface area (Å²) >= 11 is 2.85. The van der Waals surface area contributed by atoms with E-state index in [1.54, 1.807) is 24.2 Å². The van der Waals surface area contributed by atoms with Crippen LogP contribution < -0.4 is 22.6 Å². The van der Waals surface area contributed by atoms with Gasteiger partial charge in [0.2, 0.25) is 0 Å². The monoisotopic (exact) mass is 1670 g/mol. The van der Waals surface area contributed by atoms with Crippen LogP contribution in [0.15, 0.2) is 255 Å². The zero-order valence-corrected chi connectivity index (χ0v) is 78.0. The van der Waals surface area contributed by atoms with Crippen molar-refractivity contribution in [2.75, 3.05) is 0 Å². The van der Waals surface area contributed by atoms with E-state index in [1.807, 2.05) is 64.1 Å². The van der Waals surface area contributed by atoms with Crippen LogP contribution >= 0.6 is 0 Å². The maximum Gasteiger partial charge on any atom is -1.00 e. The zero-order chi connectivity index (χ0) is 82.3. The third kappa shape index (κ3) is 27.1. The van der Waals surface area contributed by atoms with E-state index >= 15 is 0 Å². The second-order valence-corrected chi connectivity index (χ2v) is 36.9. The fourth-order valence-corrected chi connectivity index (χ4v) is 14.1. The molecule has 0 saturated heterocycles. The molecule has 113 heavy (non-hydrogen) atoms. The van der Waals surface area contributed by atoms with Crippen molar-refractivity contribution in [3.8, 4) is 56.0 Å². The third-order valence-corrected chi connectivity index (χ3v) is 20.5. The van der Waals surface area contributed by atoms with Gasteiger partial charge in [0.1, 0.15) is 0 Å². The van der Waals surface area contributed by atoms with Gasteiger partial charge in [0.15, 0.2) is 0 Å². The van der Waals surface area contributed by atoms with Crippen molar-refractivity contribution < 1.29 is 71.1 Å². The molecule has 0 saturated carbocycles. The van der Waals surface area contributed by atoms with Crippen molar-refractivity contribution in [1.29, 1.82) is 0 Å². The first-order chi connectivity index (χ1) is 53.1. The van der Waals surface area contributed by atoms with Gasteiger partial charge < -0.3 is 22.6 Å². The standard InChI is InChI=1S/4C22H25.2C8H10O.C3H6.CH2.ClH.2Zr/c4*1-5-7-16-14-18-8-6-9-20(21(18)15-16)17-10-12-19(13-11-17)22(2,3)4;2*1-6-4-3-5-7(2)8(6)9;1-3-2;;;;/h4*6,8-15H,5,7H2,1-4H3;2*3-5,9H,1-2H3;1-2H3;1H2;1H;;/q4*-1;;;;;;2*+2/p-3. The molecule has 0 amide bonds. The van der Waals surface area contributed by atoms with Crippen molar-refractivity contribution in [2.45, 2.75) is 225 Å². The summed E-state index contributed by atoms with van der Waals surface area (Å²) < 4.78 is 4.85. The summed E-state index contributed by atoms with van der Waals surface area (Å²) in [6.45, 7) is 47.7. The topological polar surface area (TPSA) is 46.1 Å². The zero-order valence-electron chi connectivity index (χ0n) is 72.3. The van der Waals surface area contributed by atoms with Crippen LogP contribution in [0, 0.1) is 27.7 Å². The third-order valence-electron chi connectivity index (χ3n) is 20.5. The molecular weight excluding hydrogens is 1550 g/mol. The Morgan fingerprint density at radius 2 is 0.469 bits per heavy atom. The summed E-state index contributed by atoms with van der Waals surface area (Å²) in [5.74, 6) is 0.329. The summed E-state index contributed by atoms with van der Waals surface area (Å²) in [7, 11) is 0. The summed E-state index contributed by atoms with van der Waals surface area (Å²) in [4.78, 5) is 0. The Hall–Kier alpha value is -7.96. The normalized spacial score (nSPS) is 11.2. The predicted molar refractivity (Wildman–Crippen MR) is 485 cm³/mol. The van der Waals surface area contributed by atoms with Crippen LogP contribution in [-0.4, -0.2) is 7.42 Å². The van der Waals surface area contributed by atoms with Gasteiger partial charge in [0, 0.05) is 0 Å². The first-order valence-corrected chi connectivity index (χ1v) is 43.6. The quantitative estimate of drug-likeness (QED) is 0.114. The second kappa shape index (κ2) is 43.7. The fourth-order valence-electron chi connectivity index (χ4n) is 14.1. The minimum absolute atomic E-state index is 0. The Kier molecular flexibility index (Phi) is 36.3. The van der Waals surface area contributed by atoms with Crippen LogP contribution in [-0.2, 0) is 95.8 Å². The van der Waals surface area contributed by atoms with E-state index in [1.165, 1.54) is 185 Å². The number of fused-ring (bicyclic) bond motifs is 4. The molecule has 0 aromatic heterocycles. The molecule has 0 aliphatic carbocycles. The van der Waals surface area contributed by atoms with Crippen LogP contribution in [0.3, 0.4) is 0 Å². The summed E-state index contributed by atoms with van der Waals surface area (Å²) in [5.41, 5.74) is 26.2. The van der Waals surface area contributed by atoms with Crippen LogP contribution in [0.1, 0.15) is 217 Å². The smallest absolute Gasteiger partial charge is 1.00 e. The molecule has 0 N–H and O–H groups in total. The van der Waals surface area contributed by atoms with Gasteiger partial charge in [-0.1, -0.05) is 339 Å². The van der Waals surface area contributed by atoms with Crippen LogP contribution in [0.4, 0.5) is 0 Å². The summed E-state index contributed by atoms with van der Waals surface area (Å²) in [6.07, 6.45) is 9.46. The van der Waals surface area contributed by atoms with Crippen LogP contribution in [0.2, 0.25) is 0 Å². The van der Waals surface area contributed by atoms with E-state index in [4.69, 9.17) is 0 Å². The van der Waals surface area contributed by atoms with Gasteiger partial charge in [0.05, 0.1) is 0 Å². The first-order valence-electron chi connectivity index (χ1n) is 40.6.